The summed E-state index contributed by atoms with van der Waals surface area (Å²) >= 11 is 0. The van der Waals surface area contributed by atoms with Crippen molar-refractivity contribution in [3.63, 3.8) is 0 Å². The third-order valence-electron chi connectivity index (χ3n) is 10.3. The first kappa shape index (κ1) is 54.4. The highest BCUT2D eigenvalue weighted by Crippen LogP contribution is 2.14. The maximum Gasteiger partial charge on any atom is 0.306 e. The van der Waals surface area contributed by atoms with Crippen LogP contribution in [0.5, 0.6) is 0 Å². The predicted molar refractivity (Wildman–Crippen MR) is 242 cm³/mol. The summed E-state index contributed by atoms with van der Waals surface area (Å²) in [6.45, 7) is 6.43. The lowest BCUT2D eigenvalue weighted by Gasteiger charge is -2.18. The van der Waals surface area contributed by atoms with Gasteiger partial charge in [-0.25, -0.2) is 0 Å². The molecule has 57 heavy (non-hydrogen) atoms. The molecule has 6 nitrogen and oxygen atoms in total. The summed E-state index contributed by atoms with van der Waals surface area (Å²) in [6.07, 6.45) is 54.1. The number of esters is 3. The van der Waals surface area contributed by atoms with Crippen LogP contribution in [0.4, 0.5) is 0 Å². The highest BCUT2D eigenvalue weighted by atomic mass is 16.6. The Morgan fingerprint density at radius 3 is 1.09 bits per heavy atom. The quantitative estimate of drug-likeness (QED) is 0.0265. The molecule has 0 N–H and O–H groups in total. The molecule has 6 heteroatoms. The minimum absolute atomic E-state index is 0.0785. The summed E-state index contributed by atoms with van der Waals surface area (Å²) in [4.78, 5) is 37.6. The van der Waals surface area contributed by atoms with Crippen LogP contribution in [0, 0.1) is 0 Å². The van der Waals surface area contributed by atoms with E-state index in [9.17, 15) is 14.4 Å². The molecule has 0 aliphatic heterocycles. The Kier molecular flexibility index (Phi) is 43.9. The second-order valence-corrected chi connectivity index (χ2v) is 16.0. The summed E-state index contributed by atoms with van der Waals surface area (Å²) in [5, 5.41) is 0. The standard InChI is InChI=1S/C51H90O6/c1-4-7-10-13-15-17-19-21-23-25-27-29-31-33-35-38-41-44-50(53)56-47-48(46-55-49(52)43-40-37-12-9-6-3)57-51(54)45-42-39-36-34-32-30-28-26-24-22-20-18-16-14-11-8-5-2/h7,10,15,17,21-24,48H,4-6,8-9,11-14,16,18-20,25-47H2,1-3H3/b10-7-,17-15-,23-21-,24-22-. The first-order chi connectivity index (χ1) is 28.0. The van der Waals surface area contributed by atoms with Gasteiger partial charge in [0.2, 0.25) is 0 Å². The van der Waals surface area contributed by atoms with Gasteiger partial charge in [0.15, 0.2) is 6.10 Å². The van der Waals surface area contributed by atoms with Crippen molar-refractivity contribution in [3.05, 3.63) is 48.6 Å². The Morgan fingerprint density at radius 2 is 0.684 bits per heavy atom. The summed E-state index contributed by atoms with van der Waals surface area (Å²) in [5.41, 5.74) is 0. The van der Waals surface area contributed by atoms with Gasteiger partial charge in [-0.15, -0.1) is 0 Å². The van der Waals surface area contributed by atoms with Crippen molar-refractivity contribution in [1.82, 2.24) is 0 Å². The van der Waals surface area contributed by atoms with Crippen LogP contribution in [0.1, 0.15) is 239 Å². The monoisotopic (exact) mass is 799 g/mol. The van der Waals surface area contributed by atoms with Crippen LogP contribution in [-0.2, 0) is 28.6 Å². The molecular formula is C51H90O6. The van der Waals surface area contributed by atoms with Gasteiger partial charge in [-0.1, -0.05) is 191 Å². The number of rotatable bonds is 43. The SMILES string of the molecule is CC/C=C\C/C=C\C/C=C\CCCCCCCCCC(=O)OCC(COC(=O)CCCCCCC)OC(=O)CCCCCCCCC/C=C\CCCCCCCC. The van der Waals surface area contributed by atoms with E-state index in [0.29, 0.717) is 19.3 Å². The number of ether oxygens (including phenoxy) is 3. The van der Waals surface area contributed by atoms with Gasteiger partial charge in [-0.3, -0.25) is 14.4 Å². The Hall–Kier alpha value is -2.63. The number of carbonyl (C=O) groups is 3. The molecule has 330 valence electrons. The number of allylic oxidation sites excluding steroid dienone is 8. The van der Waals surface area contributed by atoms with E-state index in [0.717, 1.165) is 89.9 Å². The van der Waals surface area contributed by atoms with Crippen LogP contribution in [0.3, 0.4) is 0 Å². The van der Waals surface area contributed by atoms with Crippen molar-refractivity contribution in [2.24, 2.45) is 0 Å². The summed E-state index contributed by atoms with van der Waals surface area (Å²) in [5.74, 6) is -0.904. The van der Waals surface area contributed by atoms with Crippen LogP contribution in [0.15, 0.2) is 48.6 Å². The predicted octanol–water partition coefficient (Wildman–Crippen LogP) is 15.5. The fourth-order valence-corrected chi connectivity index (χ4v) is 6.69. The molecule has 0 saturated carbocycles. The molecule has 0 saturated heterocycles. The number of hydrogen-bond acceptors (Lipinski definition) is 6. The third kappa shape index (κ3) is 44.3. The Balaban J connectivity index is 4.21. The fraction of sp³-hybridized carbons (Fsp3) is 0.784. The minimum Gasteiger partial charge on any atom is -0.462 e. The van der Waals surface area contributed by atoms with Crippen molar-refractivity contribution in [1.29, 1.82) is 0 Å². The average Bonchev–Trinajstić information content (AvgIpc) is 3.21. The molecule has 0 rings (SSSR count). The molecule has 0 aromatic carbocycles. The highest BCUT2D eigenvalue weighted by molar-refractivity contribution is 5.71. The lowest BCUT2D eigenvalue weighted by molar-refractivity contribution is -0.167. The van der Waals surface area contributed by atoms with E-state index < -0.39 is 6.10 Å². The van der Waals surface area contributed by atoms with Gasteiger partial charge in [0.25, 0.3) is 0 Å². The van der Waals surface area contributed by atoms with Crippen molar-refractivity contribution in [3.8, 4) is 0 Å². The van der Waals surface area contributed by atoms with Gasteiger partial charge in [0.1, 0.15) is 13.2 Å². The zero-order valence-corrected chi connectivity index (χ0v) is 37.6. The molecule has 1 unspecified atom stereocenters. The molecule has 0 spiro atoms. The molecule has 0 bridgehead atoms. The van der Waals surface area contributed by atoms with Crippen molar-refractivity contribution in [2.75, 3.05) is 13.2 Å². The van der Waals surface area contributed by atoms with E-state index in [-0.39, 0.29) is 31.1 Å². The highest BCUT2D eigenvalue weighted by Gasteiger charge is 2.19. The summed E-state index contributed by atoms with van der Waals surface area (Å²) in [6, 6.07) is 0. The van der Waals surface area contributed by atoms with Crippen molar-refractivity contribution in [2.45, 2.75) is 245 Å². The molecule has 0 fully saturated rings. The largest absolute Gasteiger partial charge is 0.462 e. The topological polar surface area (TPSA) is 78.9 Å². The van der Waals surface area contributed by atoms with E-state index >= 15 is 0 Å². The third-order valence-corrected chi connectivity index (χ3v) is 10.3. The van der Waals surface area contributed by atoms with Crippen LogP contribution < -0.4 is 0 Å². The molecule has 0 heterocycles. The second kappa shape index (κ2) is 46.1. The van der Waals surface area contributed by atoms with Crippen LogP contribution in [0.2, 0.25) is 0 Å². The smallest absolute Gasteiger partial charge is 0.306 e. The van der Waals surface area contributed by atoms with Gasteiger partial charge in [0, 0.05) is 19.3 Å². The average molecular weight is 799 g/mol. The zero-order valence-electron chi connectivity index (χ0n) is 37.6. The Morgan fingerprint density at radius 1 is 0.368 bits per heavy atom. The van der Waals surface area contributed by atoms with Gasteiger partial charge < -0.3 is 14.2 Å². The number of hydrogen-bond donors (Lipinski definition) is 0. The lowest BCUT2D eigenvalue weighted by atomic mass is 10.1. The van der Waals surface area contributed by atoms with E-state index in [1.165, 1.54) is 109 Å². The van der Waals surface area contributed by atoms with E-state index in [4.69, 9.17) is 14.2 Å². The Labute approximate surface area is 352 Å². The molecule has 0 radical (unpaired) electrons. The fourth-order valence-electron chi connectivity index (χ4n) is 6.69. The summed E-state index contributed by atoms with van der Waals surface area (Å²) < 4.78 is 16.6. The zero-order chi connectivity index (χ0) is 41.5. The van der Waals surface area contributed by atoms with Gasteiger partial charge in [-0.05, 0) is 77.0 Å². The van der Waals surface area contributed by atoms with E-state index in [1.54, 1.807) is 0 Å². The van der Waals surface area contributed by atoms with Crippen LogP contribution >= 0.6 is 0 Å². The molecular weight excluding hydrogens is 709 g/mol. The molecule has 0 amide bonds. The maximum absolute atomic E-state index is 12.7. The van der Waals surface area contributed by atoms with Gasteiger partial charge in [-0.2, -0.15) is 0 Å². The lowest BCUT2D eigenvalue weighted by Crippen LogP contribution is -2.30. The molecule has 0 aromatic heterocycles. The minimum atomic E-state index is -0.773. The van der Waals surface area contributed by atoms with Gasteiger partial charge in [0.05, 0.1) is 0 Å². The van der Waals surface area contributed by atoms with Crippen LogP contribution in [-0.4, -0.2) is 37.2 Å². The van der Waals surface area contributed by atoms with E-state index in [1.807, 2.05) is 0 Å². The molecule has 0 aliphatic rings. The first-order valence-corrected chi connectivity index (χ1v) is 24.1. The molecule has 0 aliphatic carbocycles. The van der Waals surface area contributed by atoms with Crippen LogP contribution in [0.25, 0.3) is 0 Å². The van der Waals surface area contributed by atoms with E-state index in [2.05, 4.69) is 69.4 Å². The number of unbranched alkanes of at least 4 members (excludes halogenated alkanes) is 24. The second-order valence-electron chi connectivity index (χ2n) is 16.0. The van der Waals surface area contributed by atoms with Crippen molar-refractivity contribution < 1.29 is 28.6 Å². The van der Waals surface area contributed by atoms with Gasteiger partial charge >= 0.3 is 17.9 Å². The normalized spacial score (nSPS) is 12.4. The maximum atomic E-state index is 12.7. The molecule has 1 atom stereocenters. The van der Waals surface area contributed by atoms with Crippen molar-refractivity contribution >= 4 is 17.9 Å². The summed E-state index contributed by atoms with van der Waals surface area (Å²) in [7, 11) is 0. The Bertz CT molecular complexity index is 1010. The first-order valence-electron chi connectivity index (χ1n) is 24.1. The molecule has 0 aromatic rings. The number of carbonyl (C=O) groups excluding carboxylic acids is 3.